The lowest BCUT2D eigenvalue weighted by molar-refractivity contribution is -0.149. The van der Waals surface area contributed by atoms with E-state index in [4.69, 9.17) is 5.73 Å². The number of nitrogens with one attached hydrogen (secondary N) is 3. The molecule has 2 rings (SSSR count). The first-order valence-electron chi connectivity index (χ1n) is 11.3. The standard InChI is InChI=1S/C23H33N5O6/c1-14(2)20(27-18(29)12-24)21(31)25-13-19(30)26-16(11-15-7-4-3-5-8-15)22(32)28-10-6-9-17(28)23(33)34/h3-5,7-8,14,16-17,20H,6,9-13,24H2,1-2H3,(H,25,31)(H,26,30)(H,27,29)(H,33,34)/t16-,17-,20-/m0/s1. The van der Waals surface area contributed by atoms with Gasteiger partial charge in [0, 0.05) is 13.0 Å². The van der Waals surface area contributed by atoms with E-state index in [1.807, 2.05) is 6.07 Å². The van der Waals surface area contributed by atoms with Gasteiger partial charge in [0.2, 0.25) is 23.6 Å². The molecule has 0 bridgehead atoms. The van der Waals surface area contributed by atoms with Crippen LogP contribution in [0.1, 0.15) is 32.3 Å². The minimum absolute atomic E-state index is 0.170. The van der Waals surface area contributed by atoms with Crippen LogP contribution >= 0.6 is 0 Å². The number of hydrogen-bond acceptors (Lipinski definition) is 6. The Hall–Kier alpha value is -3.47. The Bertz CT molecular complexity index is 891. The number of rotatable bonds is 11. The Morgan fingerprint density at radius 1 is 1.09 bits per heavy atom. The van der Waals surface area contributed by atoms with Crippen molar-refractivity contribution < 1.29 is 29.1 Å². The fourth-order valence-corrected chi connectivity index (χ4v) is 3.83. The van der Waals surface area contributed by atoms with Gasteiger partial charge in [0.05, 0.1) is 13.1 Å². The third kappa shape index (κ3) is 7.55. The van der Waals surface area contributed by atoms with E-state index in [1.54, 1.807) is 38.1 Å². The molecule has 3 atom stereocenters. The SMILES string of the molecule is CC(C)[C@H](NC(=O)CN)C(=O)NCC(=O)N[C@@H](Cc1ccccc1)C(=O)N1CCC[C@H]1C(=O)O. The number of nitrogens with two attached hydrogens (primary N) is 1. The van der Waals surface area contributed by atoms with Crippen molar-refractivity contribution in [2.24, 2.45) is 11.7 Å². The van der Waals surface area contributed by atoms with Crippen LogP contribution in [0.5, 0.6) is 0 Å². The number of nitrogens with zero attached hydrogens (tertiary/aromatic N) is 1. The highest BCUT2D eigenvalue weighted by atomic mass is 16.4. The van der Waals surface area contributed by atoms with E-state index in [0.717, 1.165) is 5.56 Å². The van der Waals surface area contributed by atoms with Crippen molar-refractivity contribution in [3.63, 3.8) is 0 Å². The molecule has 34 heavy (non-hydrogen) atoms. The fourth-order valence-electron chi connectivity index (χ4n) is 3.83. The molecule has 0 aliphatic carbocycles. The van der Waals surface area contributed by atoms with Crippen LogP contribution in [0, 0.1) is 5.92 Å². The Morgan fingerprint density at radius 2 is 1.76 bits per heavy atom. The van der Waals surface area contributed by atoms with E-state index in [-0.39, 0.29) is 18.9 Å². The summed E-state index contributed by atoms with van der Waals surface area (Å²) in [6.07, 6.45) is 1.09. The molecule has 0 unspecified atom stereocenters. The number of likely N-dealkylation sites (tertiary alicyclic amines) is 1. The Morgan fingerprint density at radius 3 is 2.35 bits per heavy atom. The van der Waals surface area contributed by atoms with Crippen molar-refractivity contribution in [2.45, 2.75) is 51.2 Å². The molecule has 0 radical (unpaired) electrons. The third-order valence-electron chi connectivity index (χ3n) is 5.61. The summed E-state index contributed by atoms with van der Waals surface area (Å²) in [6.45, 7) is 3.09. The van der Waals surface area contributed by atoms with Gasteiger partial charge in [0.15, 0.2) is 0 Å². The predicted octanol–water partition coefficient (Wildman–Crippen LogP) is -0.995. The number of amides is 4. The first kappa shape index (κ1) is 26.8. The monoisotopic (exact) mass is 475 g/mol. The zero-order chi connectivity index (χ0) is 25.3. The molecule has 4 amide bonds. The van der Waals surface area contributed by atoms with Crippen LogP contribution in [-0.2, 0) is 30.4 Å². The molecule has 0 saturated carbocycles. The second kappa shape index (κ2) is 12.7. The van der Waals surface area contributed by atoms with Crippen LogP contribution in [0.15, 0.2) is 30.3 Å². The van der Waals surface area contributed by atoms with E-state index in [2.05, 4.69) is 16.0 Å². The van der Waals surface area contributed by atoms with Crippen molar-refractivity contribution in [3.8, 4) is 0 Å². The fraction of sp³-hybridized carbons (Fsp3) is 0.522. The molecule has 6 N–H and O–H groups in total. The number of carbonyl (C=O) groups is 5. The van der Waals surface area contributed by atoms with Crippen LogP contribution in [0.3, 0.4) is 0 Å². The lowest BCUT2D eigenvalue weighted by atomic mass is 10.0. The average Bonchev–Trinajstić information content (AvgIpc) is 3.30. The number of carbonyl (C=O) groups excluding carboxylic acids is 4. The number of benzene rings is 1. The van der Waals surface area contributed by atoms with Gasteiger partial charge in [0.25, 0.3) is 0 Å². The summed E-state index contributed by atoms with van der Waals surface area (Å²) in [4.78, 5) is 62.7. The molecule has 1 aromatic carbocycles. The van der Waals surface area contributed by atoms with Crippen molar-refractivity contribution >= 4 is 29.6 Å². The summed E-state index contributed by atoms with van der Waals surface area (Å²) >= 11 is 0. The Labute approximate surface area is 198 Å². The van der Waals surface area contributed by atoms with Gasteiger partial charge in [-0.05, 0) is 24.3 Å². The minimum atomic E-state index is -1.08. The minimum Gasteiger partial charge on any atom is -0.480 e. The Kier molecular flexibility index (Phi) is 9.99. The van der Waals surface area contributed by atoms with Gasteiger partial charge >= 0.3 is 5.97 Å². The van der Waals surface area contributed by atoms with Crippen LogP contribution in [0.2, 0.25) is 0 Å². The molecule has 1 aliphatic heterocycles. The second-order valence-electron chi connectivity index (χ2n) is 8.55. The summed E-state index contributed by atoms with van der Waals surface area (Å²) in [5.74, 6) is -3.46. The van der Waals surface area contributed by atoms with Crippen LogP contribution in [0.4, 0.5) is 0 Å². The summed E-state index contributed by atoms with van der Waals surface area (Å²) in [7, 11) is 0. The van der Waals surface area contributed by atoms with Crippen molar-refractivity contribution in [2.75, 3.05) is 19.6 Å². The molecule has 0 spiro atoms. The maximum atomic E-state index is 13.2. The molecule has 1 heterocycles. The van der Waals surface area contributed by atoms with Gasteiger partial charge < -0.3 is 31.7 Å². The zero-order valence-corrected chi connectivity index (χ0v) is 19.5. The largest absolute Gasteiger partial charge is 0.480 e. The molecule has 11 heteroatoms. The lowest BCUT2D eigenvalue weighted by Gasteiger charge is -2.27. The Balaban J connectivity index is 2.07. The average molecular weight is 476 g/mol. The van der Waals surface area contributed by atoms with E-state index in [9.17, 15) is 29.1 Å². The molecule has 1 fully saturated rings. The van der Waals surface area contributed by atoms with E-state index < -0.39 is 54.3 Å². The van der Waals surface area contributed by atoms with Gasteiger partial charge in [-0.1, -0.05) is 44.2 Å². The molecule has 1 aromatic rings. The number of carboxylic acids is 1. The molecule has 1 saturated heterocycles. The highest BCUT2D eigenvalue weighted by Crippen LogP contribution is 2.19. The molecule has 11 nitrogen and oxygen atoms in total. The van der Waals surface area contributed by atoms with Gasteiger partial charge in [-0.2, -0.15) is 0 Å². The molecular weight excluding hydrogens is 442 g/mol. The highest BCUT2D eigenvalue weighted by Gasteiger charge is 2.37. The maximum Gasteiger partial charge on any atom is 0.326 e. The third-order valence-corrected chi connectivity index (χ3v) is 5.61. The van der Waals surface area contributed by atoms with Gasteiger partial charge in [0.1, 0.15) is 18.1 Å². The normalized spacial score (nSPS) is 17.1. The maximum absolute atomic E-state index is 13.2. The molecule has 0 aromatic heterocycles. The number of hydrogen-bond donors (Lipinski definition) is 5. The second-order valence-corrected chi connectivity index (χ2v) is 8.55. The van der Waals surface area contributed by atoms with Gasteiger partial charge in [-0.25, -0.2) is 4.79 Å². The molecule has 186 valence electrons. The summed E-state index contributed by atoms with van der Waals surface area (Å²) < 4.78 is 0. The van der Waals surface area contributed by atoms with Crippen LogP contribution in [0.25, 0.3) is 0 Å². The molecular formula is C23H33N5O6. The van der Waals surface area contributed by atoms with Gasteiger partial charge in [-0.15, -0.1) is 0 Å². The summed E-state index contributed by atoms with van der Waals surface area (Å²) in [5.41, 5.74) is 6.08. The number of carboxylic acid groups (broad SMARTS) is 1. The van der Waals surface area contributed by atoms with Crippen molar-refractivity contribution in [1.82, 2.24) is 20.9 Å². The first-order valence-corrected chi connectivity index (χ1v) is 11.3. The van der Waals surface area contributed by atoms with Gasteiger partial charge in [-0.3, -0.25) is 19.2 Å². The van der Waals surface area contributed by atoms with E-state index in [1.165, 1.54) is 4.90 Å². The smallest absolute Gasteiger partial charge is 0.326 e. The van der Waals surface area contributed by atoms with Crippen LogP contribution < -0.4 is 21.7 Å². The summed E-state index contributed by atoms with van der Waals surface area (Å²) in [6, 6.07) is 6.24. The highest BCUT2D eigenvalue weighted by molar-refractivity contribution is 5.94. The quantitative estimate of drug-likeness (QED) is 0.273. The zero-order valence-electron chi connectivity index (χ0n) is 19.5. The van der Waals surface area contributed by atoms with Crippen LogP contribution in [-0.4, -0.2) is 77.4 Å². The topological polar surface area (TPSA) is 171 Å². The van der Waals surface area contributed by atoms with E-state index in [0.29, 0.717) is 19.4 Å². The predicted molar refractivity (Wildman–Crippen MR) is 123 cm³/mol. The van der Waals surface area contributed by atoms with Crippen molar-refractivity contribution in [1.29, 1.82) is 0 Å². The lowest BCUT2D eigenvalue weighted by Crippen LogP contribution is -2.55. The summed E-state index contributed by atoms with van der Waals surface area (Å²) in [5, 5.41) is 17.1. The van der Waals surface area contributed by atoms with Crippen molar-refractivity contribution in [3.05, 3.63) is 35.9 Å². The number of aliphatic carboxylic acids is 1. The van der Waals surface area contributed by atoms with E-state index >= 15 is 0 Å². The first-order chi connectivity index (χ1) is 16.1. The molecule has 1 aliphatic rings.